The molecule has 1 aliphatic rings. The van der Waals surface area contributed by atoms with Crippen LogP contribution in [0.4, 0.5) is 0 Å². The fourth-order valence-corrected chi connectivity index (χ4v) is 5.00. The molecule has 0 saturated carbocycles. The van der Waals surface area contributed by atoms with Gasteiger partial charge in [-0.2, -0.15) is 10.1 Å². The van der Waals surface area contributed by atoms with Gasteiger partial charge in [0.2, 0.25) is 10.0 Å². The number of carbonyl (C=O) groups is 1. The molecule has 10 heteroatoms. The zero-order valence-corrected chi connectivity index (χ0v) is 17.2. The zero-order chi connectivity index (χ0) is 20.9. The molecule has 0 radical (unpaired) electrons. The van der Waals surface area contributed by atoms with Gasteiger partial charge in [-0.25, -0.2) is 21.9 Å². The summed E-state index contributed by atoms with van der Waals surface area (Å²) >= 11 is 0. The molecule has 0 spiro atoms. The second-order valence-corrected chi connectivity index (χ2v) is 9.44. The van der Waals surface area contributed by atoms with E-state index >= 15 is 0 Å². The molecule has 154 valence electrons. The van der Waals surface area contributed by atoms with Crippen molar-refractivity contribution in [1.29, 1.82) is 0 Å². The van der Waals surface area contributed by atoms with E-state index in [4.69, 9.17) is 0 Å². The molecule has 0 aliphatic carbocycles. The number of aromatic nitrogens is 5. The summed E-state index contributed by atoms with van der Waals surface area (Å²) in [5.74, 6) is 0.638. The highest BCUT2D eigenvalue weighted by Gasteiger charge is 2.27. The molecule has 1 fully saturated rings. The SMILES string of the molecule is CS(=O)(=O)n1ccc2cc(C(=O)N3CCC[C@@H](c4ccnc5ncnn45)C3)ccc21. The average molecular weight is 424 g/mol. The fourth-order valence-electron chi connectivity index (χ4n) is 4.19. The number of rotatable bonds is 3. The van der Waals surface area contributed by atoms with Gasteiger partial charge < -0.3 is 4.90 Å². The number of piperidine rings is 1. The standard InChI is InChI=1S/C20H20N6O3S/c1-30(28,29)25-10-7-14-11-15(4-5-17(14)25)19(27)24-9-2-3-16(12-24)18-6-8-21-20-22-13-23-26(18)20/h4-8,10-11,13,16H,2-3,9,12H2,1H3/t16-/m1/s1. The van der Waals surface area contributed by atoms with Crippen LogP contribution in [0.1, 0.15) is 34.8 Å². The molecule has 3 aromatic heterocycles. The Kier molecular flexibility index (Phi) is 4.31. The van der Waals surface area contributed by atoms with Gasteiger partial charge in [-0.15, -0.1) is 0 Å². The van der Waals surface area contributed by atoms with Gasteiger partial charge in [-0.3, -0.25) is 4.79 Å². The molecule has 1 saturated heterocycles. The predicted molar refractivity (Wildman–Crippen MR) is 111 cm³/mol. The molecule has 1 aromatic carbocycles. The summed E-state index contributed by atoms with van der Waals surface area (Å²) in [4.78, 5) is 23.4. The van der Waals surface area contributed by atoms with Gasteiger partial charge in [0.25, 0.3) is 11.7 Å². The first kappa shape index (κ1) is 18.7. The molecule has 1 aliphatic heterocycles. The predicted octanol–water partition coefficient (Wildman–Crippen LogP) is 1.91. The number of fused-ring (bicyclic) bond motifs is 2. The topological polar surface area (TPSA) is 102 Å². The molecule has 1 atom stereocenters. The Morgan fingerprint density at radius 3 is 2.87 bits per heavy atom. The molecule has 9 nitrogen and oxygen atoms in total. The molecule has 0 bridgehead atoms. The maximum Gasteiger partial charge on any atom is 0.253 e. The Bertz CT molecular complexity index is 1370. The van der Waals surface area contributed by atoms with Crippen LogP contribution in [0.15, 0.2) is 49.1 Å². The molecule has 1 amide bonds. The van der Waals surface area contributed by atoms with Gasteiger partial charge in [0.15, 0.2) is 0 Å². The second kappa shape index (κ2) is 6.91. The van der Waals surface area contributed by atoms with Crippen molar-refractivity contribution in [3.8, 4) is 0 Å². The van der Waals surface area contributed by atoms with Crippen molar-refractivity contribution in [2.75, 3.05) is 19.3 Å². The van der Waals surface area contributed by atoms with Gasteiger partial charge in [0, 0.05) is 42.4 Å². The van der Waals surface area contributed by atoms with Gasteiger partial charge in [-0.1, -0.05) is 0 Å². The van der Waals surface area contributed by atoms with Gasteiger partial charge in [0.05, 0.1) is 17.5 Å². The lowest BCUT2D eigenvalue weighted by Crippen LogP contribution is -2.39. The summed E-state index contributed by atoms with van der Waals surface area (Å²) in [6, 6.07) is 8.78. The van der Waals surface area contributed by atoms with Crippen LogP contribution in [0.2, 0.25) is 0 Å². The number of hydrogen-bond acceptors (Lipinski definition) is 6. The third-order valence-corrected chi connectivity index (χ3v) is 6.63. The fraction of sp³-hybridized carbons (Fsp3) is 0.300. The highest BCUT2D eigenvalue weighted by Crippen LogP contribution is 2.28. The van der Waals surface area contributed by atoms with Gasteiger partial charge in [-0.05, 0) is 43.2 Å². The van der Waals surface area contributed by atoms with E-state index in [0.29, 0.717) is 29.9 Å². The molecular formula is C20H20N6O3S. The van der Waals surface area contributed by atoms with Crippen molar-refractivity contribution in [2.45, 2.75) is 18.8 Å². The van der Waals surface area contributed by atoms with Crippen molar-refractivity contribution >= 4 is 32.6 Å². The third-order valence-electron chi connectivity index (χ3n) is 5.60. The zero-order valence-electron chi connectivity index (χ0n) is 16.3. The van der Waals surface area contributed by atoms with Crippen LogP contribution in [0.5, 0.6) is 0 Å². The third kappa shape index (κ3) is 3.13. The van der Waals surface area contributed by atoms with Crippen molar-refractivity contribution in [3.05, 3.63) is 60.3 Å². The Labute approximate surface area is 173 Å². The monoisotopic (exact) mass is 424 g/mol. The highest BCUT2D eigenvalue weighted by atomic mass is 32.2. The first-order chi connectivity index (χ1) is 14.4. The summed E-state index contributed by atoms with van der Waals surface area (Å²) in [6.45, 7) is 1.27. The minimum Gasteiger partial charge on any atom is -0.338 e. The van der Waals surface area contributed by atoms with Crippen molar-refractivity contribution in [1.82, 2.24) is 28.5 Å². The van der Waals surface area contributed by atoms with Crippen molar-refractivity contribution in [2.24, 2.45) is 0 Å². The molecule has 30 heavy (non-hydrogen) atoms. The van der Waals surface area contributed by atoms with Crippen LogP contribution >= 0.6 is 0 Å². The van der Waals surface area contributed by atoms with E-state index in [1.807, 2.05) is 11.0 Å². The van der Waals surface area contributed by atoms with E-state index < -0.39 is 10.0 Å². The minimum atomic E-state index is -3.39. The van der Waals surface area contributed by atoms with E-state index in [1.165, 1.54) is 16.5 Å². The maximum atomic E-state index is 13.2. The summed E-state index contributed by atoms with van der Waals surface area (Å²) in [5, 5.41) is 4.99. The van der Waals surface area contributed by atoms with Crippen LogP contribution in [0, 0.1) is 0 Å². The van der Waals surface area contributed by atoms with E-state index in [1.54, 1.807) is 35.0 Å². The molecule has 0 N–H and O–H groups in total. The van der Waals surface area contributed by atoms with E-state index in [2.05, 4.69) is 15.1 Å². The lowest BCUT2D eigenvalue weighted by Gasteiger charge is -2.33. The summed E-state index contributed by atoms with van der Waals surface area (Å²) in [5.41, 5.74) is 2.11. The van der Waals surface area contributed by atoms with Crippen molar-refractivity contribution in [3.63, 3.8) is 0 Å². The molecule has 5 rings (SSSR count). The van der Waals surface area contributed by atoms with E-state index in [0.717, 1.165) is 30.2 Å². The number of amides is 1. The quantitative estimate of drug-likeness (QED) is 0.498. The summed E-state index contributed by atoms with van der Waals surface area (Å²) < 4.78 is 26.7. The minimum absolute atomic E-state index is 0.0578. The van der Waals surface area contributed by atoms with Crippen LogP contribution in [-0.2, 0) is 10.0 Å². The smallest absolute Gasteiger partial charge is 0.253 e. The molecular weight excluding hydrogens is 404 g/mol. The van der Waals surface area contributed by atoms with Crippen LogP contribution < -0.4 is 0 Å². The average Bonchev–Trinajstić information content (AvgIpc) is 3.39. The second-order valence-electron chi connectivity index (χ2n) is 7.58. The number of carbonyl (C=O) groups excluding carboxylic acids is 1. The van der Waals surface area contributed by atoms with E-state index in [-0.39, 0.29) is 11.8 Å². The normalized spacial score (nSPS) is 17.6. The largest absolute Gasteiger partial charge is 0.338 e. The first-order valence-corrected chi connectivity index (χ1v) is 11.5. The number of likely N-dealkylation sites (tertiary alicyclic amines) is 1. The Morgan fingerprint density at radius 2 is 2.03 bits per heavy atom. The Morgan fingerprint density at radius 1 is 1.17 bits per heavy atom. The number of hydrogen-bond donors (Lipinski definition) is 0. The van der Waals surface area contributed by atoms with Gasteiger partial charge in [0.1, 0.15) is 6.33 Å². The first-order valence-electron chi connectivity index (χ1n) is 9.67. The van der Waals surface area contributed by atoms with Crippen LogP contribution in [-0.4, -0.2) is 62.1 Å². The highest BCUT2D eigenvalue weighted by molar-refractivity contribution is 7.89. The van der Waals surface area contributed by atoms with Crippen LogP contribution in [0.3, 0.4) is 0 Å². The Balaban J connectivity index is 1.43. The molecule has 0 unspecified atom stereocenters. The molecule has 4 heterocycles. The van der Waals surface area contributed by atoms with Crippen molar-refractivity contribution < 1.29 is 13.2 Å². The summed E-state index contributed by atoms with van der Waals surface area (Å²) in [6.07, 6.45) is 7.72. The van der Waals surface area contributed by atoms with Crippen LogP contribution in [0.25, 0.3) is 16.7 Å². The maximum absolute atomic E-state index is 13.2. The van der Waals surface area contributed by atoms with Gasteiger partial charge >= 0.3 is 0 Å². The number of nitrogens with zero attached hydrogens (tertiary/aromatic N) is 6. The molecule has 4 aromatic rings. The number of benzene rings is 1. The Hall–Kier alpha value is -3.27. The summed E-state index contributed by atoms with van der Waals surface area (Å²) in [7, 11) is -3.39. The lowest BCUT2D eigenvalue weighted by molar-refractivity contribution is 0.0705. The van der Waals surface area contributed by atoms with E-state index in [9.17, 15) is 13.2 Å². The lowest BCUT2D eigenvalue weighted by atomic mass is 9.94.